The molecule has 2 aromatic carbocycles. The summed E-state index contributed by atoms with van der Waals surface area (Å²) in [5, 5.41) is 2.64. The van der Waals surface area contributed by atoms with Crippen LogP contribution in [0.5, 0.6) is 5.75 Å². The summed E-state index contributed by atoms with van der Waals surface area (Å²) in [6.07, 6.45) is 2.95. The highest BCUT2D eigenvalue weighted by Crippen LogP contribution is 2.13. The standard InChI is InChI=1S/C21H28N2O4S/c1-3-5-18-6-10-19(11-7-18)27-16-21(24)22-14-15-23-28(25,26)20-12-8-17(4-2)9-13-20/h6-13,23H,3-5,14-16H2,1-2H3,(H,22,24). The van der Waals surface area contributed by atoms with E-state index in [1.807, 2.05) is 31.2 Å². The third-order valence-electron chi connectivity index (χ3n) is 4.21. The van der Waals surface area contributed by atoms with Crippen LogP contribution in [0.4, 0.5) is 0 Å². The zero-order chi connectivity index (χ0) is 20.4. The second kappa shape index (κ2) is 10.8. The van der Waals surface area contributed by atoms with Gasteiger partial charge in [-0.2, -0.15) is 0 Å². The summed E-state index contributed by atoms with van der Waals surface area (Å²) >= 11 is 0. The van der Waals surface area contributed by atoms with Gasteiger partial charge in [-0.3, -0.25) is 4.79 Å². The number of amides is 1. The number of rotatable bonds is 11. The van der Waals surface area contributed by atoms with Crippen molar-refractivity contribution in [2.24, 2.45) is 0 Å². The zero-order valence-corrected chi connectivity index (χ0v) is 17.2. The van der Waals surface area contributed by atoms with Gasteiger partial charge in [0.1, 0.15) is 5.75 Å². The maximum Gasteiger partial charge on any atom is 0.257 e. The van der Waals surface area contributed by atoms with Gasteiger partial charge in [0, 0.05) is 13.1 Å². The largest absolute Gasteiger partial charge is 0.484 e. The lowest BCUT2D eigenvalue weighted by molar-refractivity contribution is -0.123. The van der Waals surface area contributed by atoms with Crippen molar-refractivity contribution in [3.05, 3.63) is 59.7 Å². The molecule has 0 spiro atoms. The second-order valence-corrected chi connectivity index (χ2v) is 8.19. The molecule has 0 bridgehead atoms. The van der Waals surface area contributed by atoms with E-state index in [0.717, 1.165) is 24.8 Å². The first-order chi connectivity index (χ1) is 13.4. The molecule has 0 aromatic heterocycles. The third kappa shape index (κ3) is 6.98. The fourth-order valence-electron chi connectivity index (χ4n) is 2.62. The minimum Gasteiger partial charge on any atom is -0.484 e. The first-order valence-electron chi connectivity index (χ1n) is 9.51. The number of aryl methyl sites for hydroxylation is 2. The van der Waals surface area contributed by atoms with E-state index in [-0.39, 0.29) is 30.5 Å². The summed E-state index contributed by atoms with van der Waals surface area (Å²) in [4.78, 5) is 12.1. The van der Waals surface area contributed by atoms with Crippen molar-refractivity contribution in [3.8, 4) is 5.75 Å². The van der Waals surface area contributed by atoms with E-state index in [1.54, 1.807) is 24.3 Å². The molecule has 0 heterocycles. The highest BCUT2D eigenvalue weighted by Gasteiger charge is 2.13. The molecule has 7 heteroatoms. The number of carbonyl (C=O) groups is 1. The highest BCUT2D eigenvalue weighted by atomic mass is 32.2. The van der Waals surface area contributed by atoms with Crippen LogP contribution in [0.2, 0.25) is 0 Å². The molecule has 28 heavy (non-hydrogen) atoms. The lowest BCUT2D eigenvalue weighted by Gasteiger charge is -2.10. The van der Waals surface area contributed by atoms with E-state index < -0.39 is 10.0 Å². The van der Waals surface area contributed by atoms with Gasteiger partial charge in [-0.25, -0.2) is 13.1 Å². The van der Waals surface area contributed by atoms with Crippen LogP contribution in [-0.2, 0) is 27.7 Å². The molecule has 0 aliphatic carbocycles. The maximum atomic E-state index is 12.2. The van der Waals surface area contributed by atoms with E-state index in [4.69, 9.17) is 4.74 Å². The predicted molar refractivity (Wildman–Crippen MR) is 110 cm³/mol. The normalized spacial score (nSPS) is 11.2. The van der Waals surface area contributed by atoms with Gasteiger partial charge in [-0.1, -0.05) is 44.5 Å². The lowest BCUT2D eigenvalue weighted by Crippen LogP contribution is -2.36. The molecule has 0 fully saturated rings. The van der Waals surface area contributed by atoms with E-state index in [9.17, 15) is 13.2 Å². The molecule has 0 unspecified atom stereocenters. The topological polar surface area (TPSA) is 84.5 Å². The van der Waals surface area contributed by atoms with Gasteiger partial charge < -0.3 is 10.1 Å². The average molecular weight is 405 g/mol. The van der Waals surface area contributed by atoms with Crippen molar-refractivity contribution in [2.75, 3.05) is 19.7 Å². The Kier molecular flexibility index (Phi) is 8.47. The van der Waals surface area contributed by atoms with Crippen LogP contribution < -0.4 is 14.8 Å². The minimum atomic E-state index is -3.58. The summed E-state index contributed by atoms with van der Waals surface area (Å²) in [5.41, 5.74) is 2.31. The van der Waals surface area contributed by atoms with Gasteiger partial charge in [0.05, 0.1) is 4.90 Å². The van der Waals surface area contributed by atoms with E-state index >= 15 is 0 Å². The zero-order valence-electron chi connectivity index (χ0n) is 16.4. The Morgan fingerprint density at radius 3 is 2.18 bits per heavy atom. The van der Waals surface area contributed by atoms with Crippen LogP contribution in [0.15, 0.2) is 53.4 Å². The first-order valence-corrected chi connectivity index (χ1v) is 11.0. The molecule has 0 saturated heterocycles. The molecule has 0 atom stereocenters. The second-order valence-electron chi connectivity index (χ2n) is 6.43. The number of sulfonamides is 1. The average Bonchev–Trinajstić information content (AvgIpc) is 2.71. The lowest BCUT2D eigenvalue weighted by atomic mass is 10.1. The summed E-state index contributed by atoms with van der Waals surface area (Å²) in [7, 11) is -3.58. The number of hydrogen-bond donors (Lipinski definition) is 2. The molecule has 152 valence electrons. The molecular weight excluding hydrogens is 376 g/mol. The fraction of sp³-hybridized carbons (Fsp3) is 0.381. The Morgan fingerprint density at radius 1 is 0.929 bits per heavy atom. The van der Waals surface area contributed by atoms with Crippen LogP contribution in [0, 0.1) is 0 Å². The van der Waals surface area contributed by atoms with E-state index in [1.165, 1.54) is 5.56 Å². The van der Waals surface area contributed by atoms with Crippen molar-refractivity contribution in [1.82, 2.24) is 10.0 Å². The quantitative estimate of drug-likeness (QED) is 0.564. The van der Waals surface area contributed by atoms with Crippen LogP contribution in [0.25, 0.3) is 0 Å². The molecule has 2 N–H and O–H groups in total. The van der Waals surface area contributed by atoms with Gasteiger partial charge in [-0.05, 0) is 48.2 Å². The molecule has 2 aromatic rings. The van der Waals surface area contributed by atoms with E-state index in [0.29, 0.717) is 5.75 Å². The molecule has 6 nitrogen and oxygen atoms in total. The molecule has 2 rings (SSSR count). The molecule has 0 aliphatic rings. The number of benzene rings is 2. The van der Waals surface area contributed by atoms with Crippen molar-refractivity contribution in [1.29, 1.82) is 0 Å². The predicted octanol–water partition coefficient (Wildman–Crippen LogP) is 2.67. The van der Waals surface area contributed by atoms with Crippen LogP contribution in [0.1, 0.15) is 31.4 Å². The van der Waals surface area contributed by atoms with E-state index in [2.05, 4.69) is 17.0 Å². The van der Waals surface area contributed by atoms with Crippen molar-refractivity contribution in [3.63, 3.8) is 0 Å². The van der Waals surface area contributed by atoms with Crippen LogP contribution >= 0.6 is 0 Å². The van der Waals surface area contributed by atoms with Crippen molar-refractivity contribution in [2.45, 2.75) is 38.0 Å². The van der Waals surface area contributed by atoms with Gasteiger partial charge in [0.25, 0.3) is 5.91 Å². The Balaban J connectivity index is 1.69. The molecule has 1 amide bonds. The summed E-state index contributed by atoms with van der Waals surface area (Å²) in [6.45, 7) is 4.31. The third-order valence-corrected chi connectivity index (χ3v) is 5.69. The van der Waals surface area contributed by atoms with Gasteiger partial charge in [0.2, 0.25) is 10.0 Å². The van der Waals surface area contributed by atoms with Gasteiger partial charge in [0.15, 0.2) is 6.61 Å². The Labute approximate surface area is 167 Å². The minimum absolute atomic E-state index is 0.106. The number of hydrogen-bond acceptors (Lipinski definition) is 4. The van der Waals surface area contributed by atoms with Gasteiger partial charge in [-0.15, -0.1) is 0 Å². The maximum absolute atomic E-state index is 12.2. The summed E-state index contributed by atoms with van der Waals surface area (Å²) < 4.78 is 32.3. The Morgan fingerprint density at radius 2 is 1.57 bits per heavy atom. The Hall–Kier alpha value is -2.38. The monoisotopic (exact) mass is 404 g/mol. The molecule has 0 saturated carbocycles. The number of ether oxygens (including phenoxy) is 1. The molecule has 0 radical (unpaired) electrons. The molecule has 0 aliphatic heterocycles. The van der Waals surface area contributed by atoms with Crippen LogP contribution in [-0.4, -0.2) is 34.0 Å². The smallest absolute Gasteiger partial charge is 0.257 e. The van der Waals surface area contributed by atoms with Crippen molar-refractivity contribution < 1.29 is 17.9 Å². The Bertz CT molecular complexity index is 847. The highest BCUT2D eigenvalue weighted by molar-refractivity contribution is 7.89. The molecular formula is C21H28N2O4S. The SMILES string of the molecule is CCCc1ccc(OCC(=O)NCCNS(=O)(=O)c2ccc(CC)cc2)cc1. The summed E-state index contributed by atoms with van der Waals surface area (Å²) in [6, 6.07) is 14.4. The van der Waals surface area contributed by atoms with Gasteiger partial charge >= 0.3 is 0 Å². The summed E-state index contributed by atoms with van der Waals surface area (Å²) in [5.74, 6) is 0.329. The first kappa shape index (κ1) is 21.9. The number of carbonyl (C=O) groups excluding carboxylic acids is 1. The number of nitrogens with one attached hydrogen (secondary N) is 2. The van der Waals surface area contributed by atoms with Crippen molar-refractivity contribution >= 4 is 15.9 Å². The van der Waals surface area contributed by atoms with Crippen LogP contribution in [0.3, 0.4) is 0 Å². The fourth-order valence-corrected chi connectivity index (χ4v) is 3.65.